The molecule has 0 aliphatic heterocycles. The van der Waals surface area contributed by atoms with Crippen LogP contribution in [0.25, 0.3) is 0 Å². The van der Waals surface area contributed by atoms with Crippen LogP contribution in [-0.4, -0.2) is 17.5 Å². The van der Waals surface area contributed by atoms with Crippen LogP contribution in [0.2, 0.25) is 0 Å². The van der Waals surface area contributed by atoms with E-state index >= 15 is 0 Å². The smallest absolute Gasteiger partial charge is 0.145 e. The van der Waals surface area contributed by atoms with E-state index in [1.54, 1.807) is 12.1 Å². The summed E-state index contributed by atoms with van der Waals surface area (Å²) in [6.07, 6.45) is 0. The lowest BCUT2D eigenvalue weighted by atomic mass is 10.1. The van der Waals surface area contributed by atoms with E-state index in [0.29, 0.717) is 24.1 Å². The van der Waals surface area contributed by atoms with Crippen LogP contribution < -0.4 is 0 Å². The fraction of sp³-hybridized carbons (Fsp3) is 0.533. The van der Waals surface area contributed by atoms with E-state index in [0.717, 1.165) is 6.54 Å². The Balaban J connectivity index is 2.91. The van der Waals surface area contributed by atoms with E-state index in [2.05, 4.69) is 32.6 Å². The van der Waals surface area contributed by atoms with Gasteiger partial charge in [-0.3, -0.25) is 4.90 Å². The molecule has 0 aliphatic rings. The molecule has 0 N–H and O–H groups in total. The summed E-state index contributed by atoms with van der Waals surface area (Å²) in [4.78, 5) is 2.23. The number of nitrogens with zero attached hydrogens (tertiary/aromatic N) is 2. The van der Waals surface area contributed by atoms with Gasteiger partial charge in [0.15, 0.2) is 0 Å². The minimum atomic E-state index is -0.380. The molecule has 0 spiro atoms. The maximum Gasteiger partial charge on any atom is 0.145 e. The van der Waals surface area contributed by atoms with E-state index in [-0.39, 0.29) is 11.4 Å². The van der Waals surface area contributed by atoms with E-state index in [4.69, 9.17) is 5.26 Å². The summed E-state index contributed by atoms with van der Waals surface area (Å²) >= 11 is 0. The predicted octanol–water partition coefficient (Wildman–Crippen LogP) is 3.56. The molecule has 0 unspecified atom stereocenters. The first kappa shape index (κ1) is 14.7. The quantitative estimate of drug-likeness (QED) is 0.796. The molecule has 0 saturated heterocycles. The van der Waals surface area contributed by atoms with Crippen LogP contribution in [0.4, 0.5) is 4.39 Å². The highest BCUT2D eigenvalue weighted by Crippen LogP contribution is 2.16. The number of hydrogen-bond acceptors (Lipinski definition) is 2. The molecular weight excluding hydrogens is 227 g/mol. The molecule has 0 aliphatic carbocycles. The first-order chi connectivity index (χ1) is 8.45. The molecule has 2 nitrogen and oxygen atoms in total. The molecule has 0 amide bonds. The number of hydrogen-bond donors (Lipinski definition) is 0. The third-order valence-electron chi connectivity index (χ3n) is 2.90. The van der Waals surface area contributed by atoms with Gasteiger partial charge in [0.2, 0.25) is 0 Å². The van der Waals surface area contributed by atoms with Gasteiger partial charge in [0, 0.05) is 24.7 Å². The molecule has 1 aromatic carbocycles. The summed E-state index contributed by atoms with van der Waals surface area (Å²) in [6, 6.07) is 7.26. The molecule has 0 saturated carbocycles. The van der Waals surface area contributed by atoms with Crippen molar-refractivity contribution in [3.63, 3.8) is 0 Å². The number of benzene rings is 1. The summed E-state index contributed by atoms with van der Waals surface area (Å²) in [5.41, 5.74) is 0.726. The number of halogens is 1. The number of nitriles is 1. The van der Waals surface area contributed by atoms with Crippen LogP contribution >= 0.6 is 0 Å². The van der Waals surface area contributed by atoms with E-state index in [1.165, 1.54) is 6.07 Å². The predicted molar refractivity (Wildman–Crippen MR) is 71.5 cm³/mol. The molecule has 0 aromatic heterocycles. The third-order valence-corrected chi connectivity index (χ3v) is 2.90. The van der Waals surface area contributed by atoms with Crippen LogP contribution in [0.3, 0.4) is 0 Å². The van der Waals surface area contributed by atoms with Gasteiger partial charge in [-0.2, -0.15) is 5.26 Å². The van der Waals surface area contributed by atoms with Crippen LogP contribution in [0.1, 0.15) is 38.8 Å². The van der Waals surface area contributed by atoms with E-state index in [1.807, 2.05) is 6.07 Å². The minimum Gasteiger partial charge on any atom is -0.296 e. The fourth-order valence-corrected chi connectivity index (χ4v) is 1.93. The Morgan fingerprint density at radius 3 is 2.44 bits per heavy atom. The van der Waals surface area contributed by atoms with Gasteiger partial charge >= 0.3 is 0 Å². The zero-order valence-electron chi connectivity index (χ0n) is 11.6. The molecule has 1 rings (SSSR count). The van der Waals surface area contributed by atoms with Gasteiger partial charge < -0.3 is 0 Å². The molecule has 98 valence electrons. The summed E-state index contributed by atoms with van der Waals surface area (Å²) in [7, 11) is 0. The largest absolute Gasteiger partial charge is 0.296 e. The molecule has 0 heterocycles. The van der Waals surface area contributed by atoms with Crippen molar-refractivity contribution >= 4 is 0 Å². The van der Waals surface area contributed by atoms with Crippen molar-refractivity contribution in [1.29, 1.82) is 5.26 Å². The molecular formula is C15H21FN2. The first-order valence-electron chi connectivity index (χ1n) is 6.37. The minimum absolute atomic E-state index is 0.126. The van der Waals surface area contributed by atoms with Crippen molar-refractivity contribution in [3.8, 4) is 6.07 Å². The summed E-state index contributed by atoms with van der Waals surface area (Å²) < 4.78 is 14.0. The Morgan fingerprint density at radius 1 is 1.28 bits per heavy atom. The second-order valence-electron chi connectivity index (χ2n) is 5.31. The van der Waals surface area contributed by atoms with Crippen LogP contribution in [0, 0.1) is 23.1 Å². The zero-order chi connectivity index (χ0) is 13.7. The third kappa shape index (κ3) is 3.82. The SMILES string of the molecule is CC(C)CN(Cc1cccc(C#N)c1F)C(C)C. The maximum atomic E-state index is 14.0. The normalized spacial score (nSPS) is 11.3. The van der Waals surface area contributed by atoms with Crippen molar-refractivity contribution in [2.24, 2.45) is 5.92 Å². The molecule has 0 fully saturated rings. The highest BCUT2D eigenvalue weighted by Gasteiger charge is 2.15. The highest BCUT2D eigenvalue weighted by molar-refractivity contribution is 5.34. The monoisotopic (exact) mass is 248 g/mol. The molecule has 1 aromatic rings. The van der Waals surface area contributed by atoms with Crippen molar-refractivity contribution in [3.05, 3.63) is 35.1 Å². The van der Waals surface area contributed by atoms with E-state index in [9.17, 15) is 4.39 Å². The summed E-state index contributed by atoms with van der Waals surface area (Å²) in [5.74, 6) is 0.156. The first-order valence-corrected chi connectivity index (χ1v) is 6.37. The summed E-state index contributed by atoms with van der Waals surface area (Å²) in [6.45, 7) is 9.99. The lowest BCUT2D eigenvalue weighted by Crippen LogP contribution is -2.33. The van der Waals surface area contributed by atoms with Crippen LogP contribution in [-0.2, 0) is 6.54 Å². The van der Waals surface area contributed by atoms with Crippen LogP contribution in [0.5, 0.6) is 0 Å². The average molecular weight is 248 g/mol. The van der Waals surface area contributed by atoms with Gasteiger partial charge in [0.05, 0.1) is 5.56 Å². The van der Waals surface area contributed by atoms with Gasteiger partial charge in [0.1, 0.15) is 11.9 Å². The van der Waals surface area contributed by atoms with Gasteiger partial charge in [0.25, 0.3) is 0 Å². The fourth-order valence-electron chi connectivity index (χ4n) is 1.93. The lowest BCUT2D eigenvalue weighted by Gasteiger charge is -2.28. The Labute approximate surface area is 109 Å². The second-order valence-corrected chi connectivity index (χ2v) is 5.31. The van der Waals surface area contributed by atoms with Gasteiger partial charge in [-0.25, -0.2) is 4.39 Å². The van der Waals surface area contributed by atoms with Gasteiger partial charge in [-0.05, 0) is 25.8 Å². The Hall–Kier alpha value is -1.40. The molecule has 0 bridgehead atoms. The molecule has 0 atom stereocenters. The Morgan fingerprint density at radius 2 is 1.94 bits per heavy atom. The second kappa shape index (κ2) is 6.51. The molecule has 0 radical (unpaired) electrons. The summed E-state index contributed by atoms with van der Waals surface area (Å²) in [5, 5.41) is 8.83. The molecule has 3 heteroatoms. The van der Waals surface area contributed by atoms with Gasteiger partial charge in [-0.15, -0.1) is 0 Å². The van der Waals surface area contributed by atoms with Crippen molar-refractivity contribution in [2.45, 2.75) is 40.3 Å². The number of rotatable bonds is 5. The van der Waals surface area contributed by atoms with Gasteiger partial charge in [-0.1, -0.05) is 26.0 Å². The topological polar surface area (TPSA) is 27.0 Å². The zero-order valence-corrected chi connectivity index (χ0v) is 11.6. The highest BCUT2D eigenvalue weighted by atomic mass is 19.1. The molecule has 18 heavy (non-hydrogen) atoms. The Kier molecular flexibility index (Phi) is 5.30. The Bertz CT molecular complexity index is 433. The lowest BCUT2D eigenvalue weighted by molar-refractivity contribution is 0.187. The van der Waals surface area contributed by atoms with Crippen LogP contribution in [0.15, 0.2) is 18.2 Å². The standard InChI is InChI=1S/C15H21FN2/c1-11(2)9-18(12(3)4)10-14-7-5-6-13(8-17)15(14)16/h5-7,11-12H,9-10H2,1-4H3. The van der Waals surface area contributed by atoms with Crippen molar-refractivity contribution < 1.29 is 4.39 Å². The average Bonchev–Trinajstić information content (AvgIpc) is 2.30. The maximum absolute atomic E-state index is 14.0. The van der Waals surface area contributed by atoms with Crippen molar-refractivity contribution in [1.82, 2.24) is 4.90 Å². The van der Waals surface area contributed by atoms with E-state index < -0.39 is 0 Å². The van der Waals surface area contributed by atoms with Crippen molar-refractivity contribution in [2.75, 3.05) is 6.54 Å².